The van der Waals surface area contributed by atoms with Crippen molar-refractivity contribution in [1.82, 2.24) is 10.1 Å². The number of nitrogens with two attached hydrogens (primary N) is 1. The van der Waals surface area contributed by atoms with E-state index in [0.717, 1.165) is 0 Å². The lowest BCUT2D eigenvalue weighted by Crippen LogP contribution is -2.41. The maximum atomic E-state index is 6.13. The third-order valence-electron chi connectivity index (χ3n) is 2.41. The van der Waals surface area contributed by atoms with Crippen LogP contribution in [0.25, 0.3) is 0 Å². The fourth-order valence-electron chi connectivity index (χ4n) is 1.25. The van der Waals surface area contributed by atoms with Crippen LogP contribution < -0.4 is 5.73 Å². The van der Waals surface area contributed by atoms with E-state index in [1.807, 2.05) is 20.8 Å². The summed E-state index contributed by atoms with van der Waals surface area (Å²) in [4.78, 5) is 4.29. The molecule has 1 rings (SSSR count). The van der Waals surface area contributed by atoms with Gasteiger partial charge < -0.3 is 15.0 Å². The fourth-order valence-corrected chi connectivity index (χ4v) is 1.25. The van der Waals surface area contributed by atoms with Gasteiger partial charge in [0.2, 0.25) is 5.89 Å². The first kappa shape index (κ1) is 12.1. The van der Waals surface area contributed by atoms with Gasteiger partial charge in [0.1, 0.15) is 5.54 Å². The second-order valence-corrected chi connectivity index (χ2v) is 4.05. The Balaban J connectivity index is 2.92. The predicted molar refractivity (Wildman–Crippen MR) is 56.4 cm³/mol. The zero-order chi connectivity index (χ0) is 11.5. The second kappa shape index (κ2) is 4.72. The second-order valence-electron chi connectivity index (χ2n) is 4.05. The van der Waals surface area contributed by atoms with Crippen LogP contribution >= 0.6 is 0 Å². The number of ether oxygens (including phenoxy) is 1. The quantitative estimate of drug-likeness (QED) is 0.800. The maximum Gasteiger partial charge on any atom is 0.229 e. The molecule has 0 bridgehead atoms. The normalized spacial score (nSPS) is 15.6. The van der Waals surface area contributed by atoms with Crippen LogP contribution in [0.5, 0.6) is 0 Å². The van der Waals surface area contributed by atoms with Crippen molar-refractivity contribution >= 4 is 0 Å². The van der Waals surface area contributed by atoms with Crippen LogP contribution in [0.1, 0.15) is 44.8 Å². The minimum absolute atomic E-state index is 0.218. The Hall–Kier alpha value is -0.940. The Morgan fingerprint density at radius 1 is 1.53 bits per heavy atom. The van der Waals surface area contributed by atoms with Crippen molar-refractivity contribution in [2.75, 3.05) is 13.7 Å². The molecule has 0 aliphatic rings. The highest BCUT2D eigenvalue weighted by Crippen LogP contribution is 2.21. The largest absolute Gasteiger partial charge is 0.382 e. The summed E-state index contributed by atoms with van der Waals surface area (Å²) in [5, 5.41) is 3.91. The van der Waals surface area contributed by atoms with Crippen molar-refractivity contribution in [3.05, 3.63) is 11.7 Å². The molecule has 5 nitrogen and oxygen atoms in total. The molecule has 0 amide bonds. The topological polar surface area (TPSA) is 74.2 Å². The van der Waals surface area contributed by atoms with Gasteiger partial charge in [-0.25, -0.2) is 0 Å². The lowest BCUT2D eigenvalue weighted by Gasteiger charge is -2.22. The van der Waals surface area contributed by atoms with Crippen LogP contribution in [0.4, 0.5) is 0 Å². The van der Waals surface area contributed by atoms with Crippen molar-refractivity contribution in [2.24, 2.45) is 5.73 Å². The summed E-state index contributed by atoms with van der Waals surface area (Å²) in [6.07, 6.45) is 0.706. The molecule has 2 N–H and O–H groups in total. The number of hydrogen-bond acceptors (Lipinski definition) is 5. The van der Waals surface area contributed by atoms with Gasteiger partial charge in [0.05, 0.1) is 6.61 Å². The van der Waals surface area contributed by atoms with Gasteiger partial charge in [0.15, 0.2) is 5.82 Å². The van der Waals surface area contributed by atoms with E-state index >= 15 is 0 Å². The molecule has 0 fully saturated rings. The van der Waals surface area contributed by atoms with E-state index in [-0.39, 0.29) is 5.92 Å². The third-order valence-corrected chi connectivity index (χ3v) is 2.41. The smallest absolute Gasteiger partial charge is 0.229 e. The van der Waals surface area contributed by atoms with Crippen LogP contribution in [-0.4, -0.2) is 23.9 Å². The monoisotopic (exact) mass is 213 g/mol. The van der Waals surface area contributed by atoms with E-state index in [2.05, 4.69) is 10.1 Å². The number of methoxy groups -OCH3 is 1. The van der Waals surface area contributed by atoms with Gasteiger partial charge in [0, 0.05) is 13.0 Å². The molecular formula is C10H19N3O2. The predicted octanol–water partition coefficient (Wildman–Crippen LogP) is 1.40. The van der Waals surface area contributed by atoms with Crippen molar-refractivity contribution in [1.29, 1.82) is 0 Å². The molecule has 5 heteroatoms. The lowest BCUT2D eigenvalue weighted by atomic mass is 9.98. The van der Waals surface area contributed by atoms with Crippen LogP contribution in [0, 0.1) is 0 Å². The molecule has 1 heterocycles. The van der Waals surface area contributed by atoms with E-state index in [1.165, 1.54) is 0 Å². The van der Waals surface area contributed by atoms with Gasteiger partial charge in [0.25, 0.3) is 0 Å². The third kappa shape index (κ3) is 2.54. The Kier molecular flexibility index (Phi) is 3.82. The van der Waals surface area contributed by atoms with E-state index < -0.39 is 5.54 Å². The highest BCUT2D eigenvalue weighted by Gasteiger charge is 2.31. The number of rotatable bonds is 5. The summed E-state index contributed by atoms with van der Waals surface area (Å²) in [6, 6.07) is 0. The van der Waals surface area contributed by atoms with Gasteiger partial charge in [-0.1, -0.05) is 25.9 Å². The minimum atomic E-state index is -0.647. The highest BCUT2D eigenvalue weighted by atomic mass is 16.5. The molecule has 15 heavy (non-hydrogen) atoms. The summed E-state index contributed by atoms with van der Waals surface area (Å²) in [6.45, 7) is 6.36. The van der Waals surface area contributed by atoms with Crippen molar-refractivity contribution in [3.8, 4) is 0 Å². The van der Waals surface area contributed by atoms with E-state index in [0.29, 0.717) is 24.7 Å². The molecule has 0 aliphatic heterocycles. The van der Waals surface area contributed by atoms with Crippen molar-refractivity contribution in [2.45, 2.75) is 38.6 Å². The summed E-state index contributed by atoms with van der Waals surface area (Å²) < 4.78 is 10.2. The average Bonchev–Trinajstić information content (AvgIpc) is 2.67. The SMILES string of the molecule is CCC(N)(COC)c1noc(C(C)C)n1. The van der Waals surface area contributed by atoms with Crippen LogP contribution in [-0.2, 0) is 10.3 Å². The van der Waals surface area contributed by atoms with Crippen LogP contribution in [0.2, 0.25) is 0 Å². The molecule has 0 saturated carbocycles. The molecule has 1 atom stereocenters. The molecule has 1 aromatic heterocycles. The van der Waals surface area contributed by atoms with Crippen LogP contribution in [0.15, 0.2) is 4.52 Å². The van der Waals surface area contributed by atoms with E-state index in [9.17, 15) is 0 Å². The molecule has 0 aromatic carbocycles. The van der Waals surface area contributed by atoms with Gasteiger partial charge >= 0.3 is 0 Å². The molecule has 0 spiro atoms. The fraction of sp³-hybridized carbons (Fsp3) is 0.800. The Morgan fingerprint density at radius 2 is 2.20 bits per heavy atom. The number of nitrogens with zero attached hydrogens (tertiary/aromatic N) is 2. The average molecular weight is 213 g/mol. The van der Waals surface area contributed by atoms with Gasteiger partial charge in [-0.2, -0.15) is 4.98 Å². The van der Waals surface area contributed by atoms with Gasteiger partial charge in [-0.15, -0.1) is 0 Å². The Labute approximate surface area is 90.0 Å². The Morgan fingerprint density at radius 3 is 2.60 bits per heavy atom. The zero-order valence-corrected chi connectivity index (χ0v) is 9.78. The first-order chi connectivity index (χ1) is 7.03. The summed E-state index contributed by atoms with van der Waals surface area (Å²) in [5.41, 5.74) is 5.49. The summed E-state index contributed by atoms with van der Waals surface area (Å²) in [7, 11) is 1.61. The van der Waals surface area contributed by atoms with E-state index in [1.54, 1.807) is 7.11 Å². The standard InChI is InChI=1S/C10H19N3O2/c1-5-10(11,6-14-4)9-12-8(7(2)3)15-13-9/h7H,5-6,11H2,1-4H3. The lowest BCUT2D eigenvalue weighted by molar-refractivity contribution is 0.122. The molecule has 1 aromatic rings. The number of aromatic nitrogens is 2. The first-order valence-corrected chi connectivity index (χ1v) is 5.15. The number of hydrogen-bond donors (Lipinski definition) is 1. The highest BCUT2D eigenvalue weighted by molar-refractivity contribution is 5.04. The molecular weight excluding hydrogens is 194 g/mol. The van der Waals surface area contributed by atoms with Gasteiger partial charge in [-0.05, 0) is 6.42 Å². The van der Waals surface area contributed by atoms with E-state index in [4.69, 9.17) is 15.0 Å². The summed E-state index contributed by atoms with van der Waals surface area (Å²) in [5.74, 6) is 1.36. The molecule has 0 radical (unpaired) electrons. The van der Waals surface area contributed by atoms with Crippen molar-refractivity contribution in [3.63, 3.8) is 0 Å². The zero-order valence-electron chi connectivity index (χ0n) is 9.78. The summed E-state index contributed by atoms with van der Waals surface area (Å²) >= 11 is 0. The minimum Gasteiger partial charge on any atom is -0.382 e. The Bertz CT molecular complexity index is 311. The first-order valence-electron chi connectivity index (χ1n) is 5.15. The molecule has 0 saturated heterocycles. The molecule has 86 valence electrons. The van der Waals surface area contributed by atoms with Crippen molar-refractivity contribution < 1.29 is 9.26 Å². The molecule has 0 aliphatic carbocycles. The van der Waals surface area contributed by atoms with Gasteiger partial charge in [-0.3, -0.25) is 0 Å². The molecule has 1 unspecified atom stereocenters. The maximum absolute atomic E-state index is 6.13. The van der Waals surface area contributed by atoms with Crippen LogP contribution in [0.3, 0.4) is 0 Å².